The maximum atomic E-state index is 6.41. The second kappa shape index (κ2) is 5.57. The predicted octanol–water partition coefficient (Wildman–Crippen LogP) is 5.17. The zero-order valence-corrected chi connectivity index (χ0v) is 11.2. The topological polar surface area (TPSA) is 0 Å². The first kappa shape index (κ1) is 12.5. The Balaban J connectivity index is 2.14. The maximum Gasteiger partial charge on any atom is 0.0626 e. The largest absolute Gasteiger partial charge is 0.117 e. The van der Waals surface area contributed by atoms with Crippen LogP contribution in [-0.2, 0) is 6.42 Å². The average Bonchev–Trinajstić information content (AvgIpc) is 2.29. The summed E-state index contributed by atoms with van der Waals surface area (Å²) in [6.07, 6.45) is 0.823. The smallest absolute Gasteiger partial charge is 0.0626 e. The Morgan fingerprint density at radius 1 is 1.06 bits per heavy atom. The van der Waals surface area contributed by atoms with E-state index in [1.165, 1.54) is 11.1 Å². The van der Waals surface area contributed by atoms with Gasteiger partial charge in [-0.1, -0.05) is 53.6 Å². The van der Waals surface area contributed by atoms with Crippen LogP contribution < -0.4 is 0 Å². The van der Waals surface area contributed by atoms with Gasteiger partial charge in [-0.05, 0) is 36.6 Å². The van der Waals surface area contributed by atoms with Crippen molar-refractivity contribution in [3.8, 4) is 0 Å². The minimum Gasteiger partial charge on any atom is -0.117 e. The van der Waals surface area contributed by atoms with Crippen LogP contribution in [0.1, 0.15) is 22.1 Å². The first-order valence-electron chi connectivity index (χ1n) is 5.60. The molecule has 2 rings (SSSR count). The molecule has 0 aliphatic rings. The molecule has 0 amide bonds. The van der Waals surface area contributed by atoms with Crippen LogP contribution in [0.25, 0.3) is 0 Å². The van der Waals surface area contributed by atoms with Gasteiger partial charge < -0.3 is 0 Å². The molecule has 88 valence electrons. The van der Waals surface area contributed by atoms with Gasteiger partial charge in [-0.3, -0.25) is 0 Å². The van der Waals surface area contributed by atoms with Gasteiger partial charge in [0, 0.05) is 5.02 Å². The summed E-state index contributed by atoms with van der Waals surface area (Å²) in [5.74, 6) is 0. The number of alkyl halides is 1. The summed E-state index contributed by atoms with van der Waals surface area (Å²) in [6.45, 7) is 2.09. The van der Waals surface area contributed by atoms with Gasteiger partial charge in [0.15, 0.2) is 0 Å². The first-order valence-corrected chi connectivity index (χ1v) is 6.41. The molecular weight excluding hydrogens is 251 g/mol. The van der Waals surface area contributed by atoms with Crippen molar-refractivity contribution in [2.45, 2.75) is 18.7 Å². The number of rotatable bonds is 3. The number of hydrogen-bond acceptors (Lipinski definition) is 0. The molecular formula is C15H14Cl2. The summed E-state index contributed by atoms with van der Waals surface area (Å²) in [4.78, 5) is 0. The molecule has 0 fully saturated rings. The molecule has 1 unspecified atom stereocenters. The predicted molar refractivity (Wildman–Crippen MR) is 74.9 cm³/mol. The zero-order valence-electron chi connectivity index (χ0n) is 9.66. The normalized spacial score (nSPS) is 12.4. The van der Waals surface area contributed by atoms with Crippen molar-refractivity contribution in [1.29, 1.82) is 0 Å². The molecule has 0 bridgehead atoms. The van der Waals surface area contributed by atoms with Crippen LogP contribution in [-0.4, -0.2) is 0 Å². The van der Waals surface area contributed by atoms with E-state index in [4.69, 9.17) is 23.2 Å². The van der Waals surface area contributed by atoms with Crippen molar-refractivity contribution >= 4 is 23.2 Å². The summed E-state index contributed by atoms with van der Waals surface area (Å²) in [5.41, 5.74) is 3.59. The van der Waals surface area contributed by atoms with Gasteiger partial charge in [-0.25, -0.2) is 0 Å². The summed E-state index contributed by atoms with van der Waals surface area (Å²) >= 11 is 12.4. The van der Waals surface area contributed by atoms with Crippen molar-refractivity contribution in [3.63, 3.8) is 0 Å². The summed E-state index contributed by atoms with van der Waals surface area (Å²) < 4.78 is 0. The summed E-state index contributed by atoms with van der Waals surface area (Å²) in [6, 6.07) is 16.2. The molecule has 0 radical (unpaired) electrons. The monoisotopic (exact) mass is 264 g/mol. The molecule has 2 aromatic rings. The second-order valence-electron chi connectivity index (χ2n) is 4.22. The highest BCUT2D eigenvalue weighted by molar-refractivity contribution is 6.30. The van der Waals surface area contributed by atoms with Crippen molar-refractivity contribution in [2.75, 3.05) is 0 Å². The van der Waals surface area contributed by atoms with Crippen LogP contribution in [0, 0.1) is 6.92 Å². The SMILES string of the molecule is Cc1cccc(CC(Cl)c2cccc(Cl)c2)c1. The van der Waals surface area contributed by atoms with Crippen LogP contribution in [0.5, 0.6) is 0 Å². The minimum atomic E-state index is -0.0319. The molecule has 2 heteroatoms. The van der Waals surface area contributed by atoms with Gasteiger partial charge in [0.2, 0.25) is 0 Å². The Morgan fingerprint density at radius 3 is 2.53 bits per heavy atom. The molecule has 17 heavy (non-hydrogen) atoms. The van der Waals surface area contributed by atoms with Crippen molar-refractivity contribution in [1.82, 2.24) is 0 Å². The minimum absolute atomic E-state index is 0.0319. The van der Waals surface area contributed by atoms with E-state index in [2.05, 4.69) is 31.2 Å². The van der Waals surface area contributed by atoms with Crippen molar-refractivity contribution in [2.24, 2.45) is 0 Å². The molecule has 0 N–H and O–H groups in total. The Morgan fingerprint density at radius 2 is 1.82 bits per heavy atom. The van der Waals surface area contributed by atoms with Gasteiger partial charge in [0.25, 0.3) is 0 Å². The van der Waals surface area contributed by atoms with Gasteiger partial charge in [-0.15, -0.1) is 11.6 Å². The molecule has 2 aromatic carbocycles. The van der Waals surface area contributed by atoms with Crippen LogP contribution in [0.15, 0.2) is 48.5 Å². The molecule has 0 nitrogen and oxygen atoms in total. The first-order chi connectivity index (χ1) is 8.15. The van der Waals surface area contributed by atoms with Crippen LogP contribution >= 0.6 is 23.2 Å². The fraction of sp³-hybridized carbons (Fsp3) is 0.200. The number of halogens is 2. The molecule has 0 aromatic heterocycles. The molecule has 0 aliphatic carbocycles. The van der Waals surface area contributed by atoms with E-state index >= 15 is 0 Å². The lowest BCUT2D eigenvalue weighted by Crippen LogP contribution is -1.96. The molecule has 1 atom stereocenters. The highest BCUT2D eigenvalue weighted by atomic mass is 35.5. The highest BCUT2D eigenvalue weighted by Gasteiger charge is 2.09. The van der Waals surface area contributed by atoms with Crippen molar-refractivity contribution in [3.05, 3.63) is 70.2 Å². The fourth-order valence-corrected chi connectivity index (χ4v) is 2.38. The average molecular weight is 265 g/mol. The molecule has 0 spiro atoms. The van der Waals surface area contributed by atoms with Gasteiger partial charge in [-0.2, -0.15) is 0 Å². The quantitative estimate of drug-likeness (QED) is 0.671. The molecule has 0 saturated carbocycles. The third-order valence-electron chi connectivity index (χ3n) is 2.71. The number of hydrogen-bond donors (Lipinski definition) is 0. The van der Waals surface area contributed by atoms with Gasteiger partial charge in [0.05, 0.1) is 5.38 Å². The third-order valence-corrected chi connectivity index (χ3v) is 3.35. The van der Waals surface area contributed by atoms with E-state index in [-0.39, 0.29) is 5.38 Å². The third kappa shape index (κ3) is 3.49. The lowest BCUT2D eigenvalue weighted by Gasteiger charge is -2.10. The van der Waals surface area contributed by atoms with E-state index in [9.17, 15) is 0 Å². The van der Waals surface area contributed by atoms with Crippen LogP contribution in [0.3, 0.4) is 0 Å². The second-order valence-corrected chi connectivity index (χ2v) is 5.18. The van der Waals surface area contributed by atoms with Gasteiger partial charge in [0.1, 0.15) is 0 Å². The zero-order chi connectivity index (χ0) is 12.3. The Kier molecular flexibility index (Phi) is 4.09. The van der Waals surface area contributed by atoms with E-state index < -0.39 is 0 Å². The van der Waals surface area contributed by atoms with Crippen LogP contribution in [0.2, 0.25) is 5.02 Å². The standard InChI is InChI=1S/C15H14Cl2/c1-11-4-2-5-12(8-11)9-15(17)13-6-3-7-14(16)10-13/h2-8,10,15H,9H2,1H3. The number of aryl methyl sites for hydroxylation is 1. The van der Waals surface area contributed by atoms with E-state index in [1.54, 1.807) is 0 Å². The summed E-state index contributed by atoms with van der Waals surface area (Å²) in [5, 5.41) is 0.702. The lowest BCUT2D eigenvalue weighted by molar-refractivity contribution is 0.918. The van der Waals surface area contributed by atoms with Crippen molar-refractivity contribution < 1.29 is 0 Å². The molecule has 0 aliphatic heterocycles. The van der Waals surface area contributed by atoms with E-state index in [0.29, 0.717) is 0 Å². The van der Waals surface area contributed by atoms with E-state index in [1.807, 2.05) is 24.3 Å². The Labute approximate surface area is 112 Å². The maximum absolute atomic E-state index is 6.41. The lowest BCUT2D eigenvalue weighted by atomic mass is 10.0. The Hall–Kier alpha value is -0.980. The highest BCUT2D eigenvalue weighted by Crippen LogP contribution is 2.27. The van der Waals surface area contributed by atoms with E-state index in [0.717, 1.165) is 17.0 Å². The molecule has 0 saturated heterocycles. The van der Waals surface area contributed by atoms with Gasteiger partial charge >= 0.3 is 0 Å². The fourth-order valence-electron chi connectivity index (χ4n) is 1.87. The summed E-state index contributed by atoms with van der Waals surface area (Å²) in [7, 11) is 0. The number of benzene rings is 2. The van der Waals surface area contributed by atoms with Crippen LogP contribution in [0.4, 0.5) is 0 Å². The Bertz CT molecular complexity index is 506. The molecule has 0 heterocycles.